The Morgan fingerprint density at radius 2 is 1.95 bits per heavy atom. The van der Waals surface area contributed by atoms with Gasteiger partial charge in [0.25, 0.3) is 0 Å². The highest BCUT2D eigenvalue weighted by molar-refractivity contribution is 5.82. The van der Waals surface area contributed by atoms with Crippen molar-refractivity contribution < 1.29 is 4.79 Å². The zero-order valence-corrected chi connectivity index (χ0v) is 11.8. The van der Waals surface area contributed by atoms with Gasteiger partial charge in [0.1, 0.15) is 5.78 Å². The van der Waals surface area contributed by atoms with Crippen molar-refractivity contribution in [1.29, 1.82) is 0 Å². The van der Waals surface area contributed by atoms with Crippen LogP contribution in [0.3, 0.4) is 0 Å². The normalized spacial score (nSPS) is 51.3. The largest absolute Gasteiger partial charge is 0.299 e. The minimum absolute atomic E-state index is 0.507. The highest BCUT2D eigenvalue weighted by Crippen LogP contribution is 2.75. The topological polar surface area (TPSA) is 17.1 Å². The van der Waals surface area contributed by atoms with E-state index in [9.17, 15) is 4.79 Å². The van der Waals surface area contributed by atoms with Gasteiger partial charge in [-0.2, -0.15) is 0 Å². The first-order valence-corrected chi connectivity index (χ1v) is 8.50. The van der Waals surface area contributed by atoms with Crippen LogP contribution in [0.5, 0.6) is 0 Å². The van der Waals surface area contributed by atoms with E-state index in [0.717, 1.165) is 48.3 Å². The highest BCUT2D eigenvalue weighted by Gasteiger charge is 2.66. The van der Waals surface area contributed by atoms with E-state index in [1.165, 1.54) is 38.5 Å². The number of hydrogen-bond acceptors (Lipinski definition) is 1. The van der Waals surface area contributed by atoms with E-state index in [1.807, 2.05) is 0 Å². The molecular weight excluding hydrogens is 232 g/mol. The first-order valence-electron chi connectivity index (χ1n) is 8.50. The molecule has 1 spiro atoms. The lowest BCUT2D eigenvalue weighted by Gasteiger charge is -2.47. The van der Waals surface area contributed by atoms with Crippen LogP contribution < -0.4 is 0 Å². The molecule has 19 heavy (non-hydrogen) atoms. The number of ketones is 1. The lowest BCUT2D eigenvalue weighted by atomic mass is 9.57. The molecule has 0 aromatic carbocycles. The smallest absolute Gasteiger partial charge is 0.137 e. The van der Waals surface area contributed by atoms with Crippen molar-refractivity contribution in [3.8, 4) is 0 Å². The summed E-state index contributed by atoms with van der Waals surface area (Å²) in [6.07, 6.45) is 13.1. The maximum Gasteiger partial charge on any atom is 0.137 e. The Morgan fingerprint density at radius 1 is 1.00 bits per heavy atom. The molecule has 5 unspecified atom stereocenters. The van der Waals surface area contributed by atoms with Crippen LogP contribution in [-0.2, 0) is 4.79 Å². The van der Waals surface area contributed by atoms with Crippen LogP contribution in [0.25, 0.3) is 0 Å². The summed E-state index contributed by atoms with van der Waals surface area (Å²) >= 11 is 0. The van der Waals surface area contributed by atoms with Crippen LogP contribution in [0.4, 0.5) is 0 Å². The van der Waals surface area contributed by atoms with Gasteiger partial charge < -0.3 is 0 Å². The van der Waals surface area contributed by atoms with Crippen molar-refractivity contribution >= 4 is 5.78 Å². The highest BCUT2D eigenvalue weighted by atomic mass is 16.1. The van der Waals surface area contributed by atoms with Crippen molar-refractivity contribution in [2.24, 2.45) is 29.1 Å². The third-order valence-corrected chi connectivity index (χ3v) is 7.56. The van der Waals surface area contributed by atoms with Gasteiger partial charge in [0, 0.05) is 12.8 Å². The molecule has 102 valence electrons. The second-order valence-electron chi connectivity index (χ2n) is 8.01. The summed E-state index contributed by atoms with van der Waals surface area (Å²) in [5.74, 6) is 4.61. The van der Waals surface area contributed by atoms with E-state index in [2.05, 4.69) is 0 Å². The van der Waals surface area contributed by atoms with Gasteiger partial charge in [0.2, 0.25) is 0 Å². The molecule has 5 atom stereocenters. The number of allylic oxidation sites excluding steroid dienone is 2. The molecule has 5 aliphatic carbocycles. The predicted octanol–water partition coefficient (Wildman–Crippen LogP) is 4.27. The quantitative estimate of drug-likeness (QED) is 0.591. The number of rotatable bonds is 0. The van der Waals surface area contributed by atoms with Crippen molar-refractivity contribution in [2.45, 2.75) is 64.2 Å². The van der Waals surface area contributed by atoms with Crippen molar-refractivity contribution in [3.63, 3.8) is 0 Å². The van der Waals surface area contributed by atoms with Crippen LogP contribution >= 0.6 is 0 Å². The molecule has 0 saturated heterocycles. The molecule has 0 aromatic rings. The van der Waals surface area contributed by atoms with E-state index in [4.69, 9.17) is 0 Å². The average Bonchev–Trinajstić information content (AvgIpc) is 3.00. The van der Waals surface area contributed by atoms with Gasteiger partial charge in [-0.05, 0) is 80.5 Å². The molecule has 1 nitrogen and oxygen atoms in total. The van der Waals surface area contributed by atoms with Gasteiger partial charge in [-0.3, -0.25) is 4.79 Å². The van der Waals surface area contributed by atoms with E-state index in [0.29, 0.717) is 5.78 Å². The maximum absolute atomic E-state index is 11.7. The predicted molar refractivity (Wildman–Crippen MR) is 74.6 cm³/mol. The molecule has 0 aliphatic heterocycles. The Kier molecular flexibility index (Phi) is 2.07. The van der Waals surface area contributed by atoms with Crippen LogP contribution in [-0.4, -0.2) is 5.78 Å². The molecule has 5 rings (SSSR count). The van der Waals surface area contributed by atoms with E-state index in [-0.39, 0.29) is 0 Å². The summed E-state index contributed by atoms with van der Waals surface area (Å²) in [5, 5.41) is 0. The lowest BCUT2D eigenvalue weighted by molar-refractivity contribution is -0.119. The fourth-order valence-electron chi connectivity index (χ4n) is 6.73. The third kappa shape index (κ3) is 1.35. The Balaban J connectivity index is 1.49. The van der Waals surface area contributed by atoms with Crippen LogP contribution in [0.15, 0.2) is 11.1 Å². The Morgan fingerprint density at radius 3 is 2.84 bits per heavy atom. The molecule has 0 heterocycles. The number of carbonyl (C=O) groups excluding carboxylic acids is 1. The second-order valence-corrected chi connectivity index (χ2v) is 8.01. The first-order chi connectivity index (χ1) is 9.28. The van der Waals surface area contributed by atoms with Gasteiger partial charge in [0.15, 0.2) is 0 Å². The maximum atomic E-state index is 11.7. The lowest BCUT2D eigenvalue weighted by Crippen LogP contribution is -2.38. The van der Waals surface area contributed by atoms with Crippen LogP contribution in [0.1, 0.15) is 64.2 Å². The molecule has 3 saturated carbocycles. The van der Waals surface area contributed by atoms with Gasteiger partial charge >= 0.3 is 0 Å². The van der Waals surface area contributed by atoms with Gasteiger partial charge in [-0.25, -0.2) is 0 Å². The zero-order chi connectivity index (χ0) is 12.6. The average molecular weight is 256 g/mol. The molecule has 0 aromatic heterocycles. The molecule has 0 N–H and O–H groups in total. The minimum atomic E-state index is 0.507. The number of Topliss-reactive ketones (excluding diaryl/α,β-unsaturated/α-hetero) is 1. The van der Waals surface area contributed by atoms with Crippen molar-refractivity contribution in [2.75, 3.05) is 0 Å². The zero-order valence-electron chi connectivity index (χ0n) is 11.8. The van der Waals surface area contributed by atoms with E-state index >= 15 is 0 Å². The molecule has 1 heteroatoms. The number of hydrogen-bond donors (Lipinski definition) is 0. The van der Waals surface area contributed by atoms with Crippen molar-refractivity contribution in [3.05, 3.63) is 11.1 Å². The van der Waals surface area contributed by atoms with Crippen molar-refractivity contribution in [1.82, 2.24) is 0 Å². The summed E-state index contributed by atoms with van der Waals surface area (Å²) < 4.78 is 0. The number of carbonyl (C=O) groups is 1. The van der Waals surface area contributed by atoms with Gasteiger partial charge in [-0.15, -0.1) is 0 Å². The Bertz CT molecular complexity index is 488. The Labute approximate surface area is 115 Å². The number of fused-ring (bicyclic) bond motifs is 3. The minimum Gasteiger partial charge on any atom is -0.299 e. The summed E-state index contributed by atoms with van der Waals surface area (Å²) in [6.45, 7) is 0. The molecule has 0 radical (unpaired) electrons. The van der Waals surface area contributed by atoms with E-state index in [1.54, 1.807) is 17.6 Å². The summed E-state index contributed by atoms with van der Waals surface area (Å²) in [6, 6.07) is 0. The molecule has 0 bridgehead atoms. The fraction of sp³-hybridized carbons (Fsp3) is 0.833. The van der Waals surface area contributed by atoms with Crippen LogP contribution in [0.2, 0.25) is 0 Å². The summed E-state index contributed by atoms with van der Waals surface area (Å²) in [7, 11) is 0. The van der Waals surface area contributed by atoms with Gasteiger partial charge in [-0.1, -0.05) is 11.1 Å². The SMILES string of the molecule is O=C1CCC2=C(CCC3C2CCC24CC2CCC34)C1. The monoisotopic (exact) mass is 256 g/mol. The van der Waals surface area contributed by atoms with Gasteiger partial charge in [0.05, 0.1) is 0 Å². The van der Waals surface area contributed by atoms with Crippen LogP contribution in [0, 0.1) is 29.1 Å². The Hall–Kier alpha value is -0.590. The first kappa shape index (κ1) is 11.1. The summed E-state index contributed by atoms with van der Waals surface area (Å²) in [4.78, 5) is 11.7. The molecule has 0 amide bonds. The second kappa shape index (κ2) is 3.54. The molecule has 3 fully saturated rings. The third-order valence-electron chi connectivity index (χ3n) is 7.56. The molecule has 5 aliphatic rings. The standard InChI is InChI=1S/C18H24O/c19-13-3-5-14-11(9-13)1-4-16-15(14)7-8-18-10-12(18)2-6-17(16)18/h12,15-17H,1-10H2. The van der Waals surface area contributed by atoms with E-state index < -0.39 is 0 Å². The summed E-state index contributed by atoms with van der Waals surface area (Å²) in [5.41, 5.74) is 4.19. The molecular formula is C18H24O. The fourth-order valence-corrected chi connectivity index (χ4v) is 6.73.